The Balaban J connectivity index is 1.29. The van der Waals surface area contributed by atoms with E-state index in [2.05, 4.69) is 10.6 Å². The molecule has 12 heteroatoms. The zero-order chi connectivity index (χ0) is 27.8. The van der Waals surface area contributed by atoms with Crippen molar-refractivity contribution in [2.45, 2.75) is 67.7 Å². The SMILES string of the molecule is CC1OCC2(COc3ccc(CC(=O)NCCOCCOCCNC(=O)OC(C)(C)C)cc3S2)C(O)C1O. The molecule has 1 aromatic carbocycles. The van der Waals surface area contributed by atoms with Crippen LogP contribution in [0.25, 0.3) is 0 Å². The number of hydrogen-bond donors (Lipinski definition) is 4. The van der Waals surface area contributed by atoms with Gasteiger partial charge >= 0.3 is 6.09 Å². The fraction of sp³-hybridized carbons (Fsp3) is 0.692. The quantitative estimate of drug-likeness (QED) is 0.294. The molecular weight excluding hydrogens is 516 g/mol. The van der Waals surface area contributed by atoms with Crippen molar-refractivity contribution in [1.82, 2.24) is 10.6 Å². The average molecular weight is 557 g/mol. The van der Waals surface area contributed by atoms with Crippen LogP contribution in [0.15, 0.2) is 23.1 Å². The summed E-state index contributed by atoms with van der Waals surface area (Å²) in [6, 6.07) is 5.54. The molecule has 1 aromatic rings. The molecule has 4 N–H and O–H groups in total. The lowest BCUT2D eigenvalue weighted by Crippen LogP contribution is -2.61. The van der Waals surface area contributed by atoms with Gasteiger partial charge in [-0.2, -0.15) is 0 Å². The Bertz CT molecular complexity index is 942. The maximum absolute atomic E-state index is 12.4. The van der Waals surface area contributed by atoms with Crippen LogP contribution in [0, 0.1) is 0 Å². The van der Waals surface area contributed by atoms with Gasteiger partial charge in [0, 0.05) is 13.1 Å². The van der Waals surface area contributed by atoms with Gasteiger partial charge in [0.25, 0.3) is 0 Å². The molecule has 2 heterocycles. The number of ether oxygens (including phenoxy) is 5. The smallest absolute Gasteiger partial charge is 0.407 e. The Morgan fingerprint density at radius 2 is 1.76 bits per heavy atom. The van der Waals surface area contributed by atoms with Gasteiger partial charge in [-0.15, -0.1) is 11.8 Å². The van der Waals surface area contributed by atoms with E-state index in [1.165, 1.54) is 11.8 Å². The zero-order valence-corrected chi connectivity index (χ0v) is 23.3. The summed E-state index contributed by atoms with van der Waals surface area (Å²) in [5.41, 5.74) is 0.273. The minimum Gasteiger partial charge on any atom is -0.491 e. The van der Waals surface area contributed by atoms with Gasteiger partial charge < -0.3 is 44.5 Å². The Hall–Kier alpha value is -2.09. The van der Waals surface area contributed by atoms with Crippen molar-refractivity contribution in [2.24, 2.45) is 0 Å². The standard InChI is InChI=1S/C26H40N2O9S/c1-17-22(30)23(31)26(15-35-17)16-36-19-6-5-18(13-20(19)38-26)14-21(29)27-7-9-33-11-12-34-10-8-28-24(32)37-25(2,3)4/h5-6,13,17,22-23,30-31H,7-12,14-16H2,1-4H3,(H,27,29)(H,28,32). The molecule has 0 aromatic heterocycles. The van der Waals surface area contributed by atoms with Crippen LogP contribution in [0.2, 0.25) is 0 Å². The van der Waals surface area contributed by atoms with Crippen LogP contribution >= 0.6 is 11.8 Å². The molecule has 1 spiro atoms. The summed E-state index contributed by atoms with van der Waals surface area (Å²) >= 11 is 1.42. The predicted molar refractivity (Wildman–Crippen MR) is 141 cm³/mol. The Morgan fingerprint density at radius 3 is 2.45 bits per heavy atom. The van der Waals surface area contributed by atoms with Gasteiger partial charge in [0.2, 0.25) is 5.91 Å². The van der Waals surface area contributed by atoms with Gasteiger partial charge in [0.1, 0.15) is 34.9 Å². The first kappa shape index (κ1) is 30.5. The Labute approximate surface area is 227 Å². The van der Waals surface area contributed by atoms with E-state index in [0.717, 1.165) is 10.5 Å². The molecular formula is C26H40N2O9S. The largest absolute Gasteiger partial charge is 0.491 e. The van der Waals surface area contributed by atoms with Crippen molar-refractivity contribution in [2.75, 3.05) is 52.7 Å². The van der Waals surface area contributed by atoms with Gasteiger partial charge in [-0.05, 0) is 45.4 Å². The fourth-order valence-corrected chi connectivity index (χ4v) is 5.30. The van der Waals surface area contributed by atoms with Crippen LogP contribution in [0.4, 0.5) is 4.79 Å². The van der Waals surface area contributed by atoms with Crippen LogP contribution in [-0.2, 0) is 30.2 Å². The van der Waals surface area contributed by atoms with E-state index in [1.54, 1.807) is 27.7 Å². The summed E-state index contributed by atoms with van der Waals surface area (Å²) < 4.78 is 26.7. The highest BCUT2D eigenvalue weighted by Crippen LogP contribution is 2.48. The highest BCUT2D eigenvalue weighted by Gasteiger charge is 2.51. The minimum atomic E-state index is -0.995. The van der Waals surface area contributed by atoms with Crippen molar-refractivity contribution >= 4 is 23.8 Å². The maximum Gasteiger partial charge on any atom is 0.407 e. The van der Waals surface area contributed by atoms with Gasteiger partial charge in [-0.25, -0.2) is 4.79 Å². The third-order valence-electron chi connectivity index (χ3n) is 5.95. The first-order valence-corrected chi connectivity index (χ1v) is 13.6. The number of rotatable bonds is 11. The second kappa shape index (κ2) is 13.8. The second-order valence-electron chi connectivity index (χ2n) is 10.4. The molecule has 2 aliphatic rings. The fourth-order valence-electron chi connectivity index (χ4n) is 3.92. The van der Waals surface area contributed by atoms with Gasteiger partial charge in [-0.3, -0.25) is 4.79 Å². The second-order valence-corrected chi connectivity index (χ2v) is 11.8. The summed E-state index contributed by atoms with van der Waals surface area (Å²) in [6.07, 6.45) is -2.72. The maximum atomic E-state index is 12.4. The molecule has 1 saturated heterocycles. The zero-order valence-electron chi connectivity index (χ0n) is 22.5. The summed E-state index contributed by atoms with van der Waals surface area (Å²) in [7, 11) is 0. The van der Waals surface area contributed by atoms with Gasteiger partial charge in [0.15, 0.2) is 0 Å². The van der Waals surface area contributed by atoms with E-state index >= 15 is 0 Å². The molecule has 38 heavy (non-hydrogen) atoms. The monoisotopic (exact) mass is 556 g/mol. The van der Waals surface area contributed by atoms with Crippen LogP contribution in [0.1, 0.15) is 33.3 Å². The molecule has 0 saturated carbocycles. The van der Waals surface area contributed by atoms with Crippen molar-refractivity contribution in [3.05, 3.63) is 23.8 Å². The van der Waals surface area contributed by atoms with E-state index in [1.807, 2.05) is 18.2 Å². The normalized spacial score (nSPS) is 24.8. The molecule has 1 fully saturated rings. The topological polar surface area (TPSA) is 145 Å². The van der Waals surface area contributed by atoms with Crippen LogP contribution in [-0.4, -0.2) is 104 Å². The van der Waals surface area contributed by atoms with Gasteiger partial charge in [0.05, 0.1) is 50.5 Å². The third kappa shape index (κ3) is 8.99. The number of fused-ring (bicyclic) bond motifs is 1. The lowest BCUT2D eigenvalue weighted by atomic mass is 9.92. The predicted octanol–water partition coefficient (Wildman–Crippen LogP) is 1.27. The van der Waals surface area contributed by atoms with E-state index in [-0.39, 0.29) is 25.5 Å². The molecule has 2 amide bonds. The highest BCUT2D eigenvalue weighted by molar-refractivity contribution is 8.01. The summed E-state index contributed by atoms with van der Waals surface area (Å²) in [4.78, 5) is 24.7. The van der Waals surface area contributed by atoms with Crippen molar-refractivity contribution < 1.29 is 43.5 Å². The molecule has 0 bridgehead atoms. The molecule has 214 valence electrons. The average Bonchev–Trinajstić information content (AvgIpc) is 2.85. The molecule has 11 nitrogen and oxygen atoms in total. The van der Waals surface area contributed by atoms with Crippen molar-refractivity contribution in [3.63, 3.8) is 0 Å². The molecule has 4 atom stereocenters. The number of benzene rings is 1. The summed E-state index contributed by atoms with van der Waals surface area (Å²) in [5.74, 6) is 0.543. The van der Waals surface area contributed by atoms with E-state index < -0.39 is 34.8 Å². The lowest BCUT2D eigenvalue weighted by molar-refractivity contribution is -0.152. The molecule has 3 rings (SSSR count). The minimum absolute atomic E-state index is 0.139. The number of carbonyl (C=O) groups excluding carboxylic acids is 2. The van der Waals surface area contributed by atoms with Gasteiger partial charge in [-0.1, -0.05) is 6.07 Å². The Kier molecular flexibility index (Phi) is 11.1. The van der Waals surface area contributed by atoms with Crippen LogP contribution in [0.3, 0.4) is 0 Å². The van der Waals surface area contributed by atoms with Crippen LogP contribution in [0.5, 0.6) is 5.75 Å². The molecule has 0 radical (unpaired) electrons. The molecule has 2 aliphatic heterocycles. The van der Waals surface area contributed by atoms with E-state index in [0.29, 0.717) is 45.3 Å². The number of aliphatic hydroxyl groups excluding tert-OH is 2. The molecule has 4 unspecified atom stereocenters. The number of alkyl carbamates (subject to hydrolysis) is 1. The highest BCUT2D eigenvalue weighted by atomic mass is 32.2. The van der Waals surface area contributed by atoms with E-state index in [4.69, 9.17) is 23.7 Å². The lowest BCUT2D eigenvalue weighted by Gasteiger charge is -2.47. The first-order chi connectivity index (χ1) is 18.0. The van der Waals surface area contributed by atoms with Crippen molar-refractivity contribution in [1.29, 1.82) is 0 Å². The number of carbonyl (C=O) groups is 2. The molecule has 0 aliphatic carbocycles. The number of amides is 2. The first-order valence-electron chi connectivity index (χ1n) is 12.8. The summed E-state index contributed by atoms with van der Waals surface area (Å²) in [6.45, 7) is 9.75. The third-order valence-corrected chi connectivity index (χ3v) is 7.37. The number of aliphatic hydroxyl groups is 2. The Morgan fingerprint density at radius 1 is 1.08 bits per heavy atom. The van der Waals surface area contributed by atoms with Crippen LogP contribution < -0.4 is 15.4 Å². The van der Waals surface area contributed by atoms with Crippen molar-refractivity contribution in [3.8, 4) is 5.75 Å². The van der Waals surface area contributed by atoms with E-state index in [9.17, 15) is 19.8 Å². The number of nitrogens with one attached hydrogen (secondary N) is 2. The number of hydrogen-bond acceptors (Lipinski definition) is 10. The number of thioether (sulfide) groups is 1. The summed E-state index contributed by atoms with van der Waals surface area (Å²) in [5, 5.41) is 26.4.